The number of piperidine rings is 1. The van der Waals surface area contributed by atoms with E-state index in [1.165, 1.54) is 0 Å². The molecule has 3 aromatic heterocycles. The van der Waals surface area contributed by atoms with Gasteiger partial charge in [-0.15, -0.1) is 0 Å². The van der Waals surface area contributed by atoms with E-state index in [9.17, 15) is 4.79 Å². The second-order valence-corrected chi connectivity index (χ2v) is 7.39. The molecule has 1 fully saturated rings. The Bertz CT molecular complexity index is 1310. The molecule has 0 bridgehead atoms. The van der Waals surface area contributed by atoms with Gasteiger partial charge in [-0.25, -0.2) is 0 Å². The fraction of sp³-hybridized carbons (Fsp3) is 0.478. The Morgan fingerprint density at radius 3 is 2.76 bits per heavy atom. The summed E-state index contributed by atoms with van der Waals surface area (Å²) in [6.07, 6.45) is 7.46. The van der Waals surface area contributed by atoms with Crippen LogP contribution in [0.5, 0.6) is 0 Å². The van der Waals surface area contributed by atoms with Gasteiger partial charge in [-0.3, -0.25) is 19.4 Å². The summed E-state index contributed by atoms with van der Waals surface area (Å²) >= 11 is 0. The summed E-state index contributed by atoms with van der Waals surface area (Å²) in [5.74, 6) is -3.84. The summed E-state index contributed by atoms with van der Waals surface area (Å²) in [4.78, 5) is 23.0. The first kappa shape index (κ1) is 11.6. The van der Waals surface area contributed by atoms with E-state index in [2.05, 4.69) is 15.1 Å². The first-order chi connectivity index (χ1) is 17.5. The van der Waals surface area contributed by atoms with Crippen molar-refractivity contribution in [3.63, 3.8) is 0 Å². The fourth-order valence-electron chi connectivity index (χ4n) is 3.69. The van der Waals surface area contributed by atoms with Crippen LogP contribution in [-0.4, -0.2) is 50.0 Å². The predicted octanol–water partition coefficient (Wildman–Crippen LogP) is 3.51. The van der Waals surface area contributed by atoms with Crippen molar-refractivity contribution in [3.8, 4) is 11.3 Å². The van der Waals surface area contributed by atoms with E-state index in [4.69, 9.17) is 12.3 Å². The van der Waals surface area contributed by atoms with Crippen LogP contribution in [-0.2, 0) is 18.3 Å². The van der Waals surface area contributed by atoms with Gasteiger partial charge < -0.3 is 4.90 Å². The van der Waals surface area contributed by atoms with Crippen LogP contribution in [0.25, 0.3) is 22.0 Å². The summed E-state index contributed by atoms with van der Waals surface area (Å²) in [5.41, 5.74) is 2.19. The Balaban J connectivity index is 1.45. The molecule has 0 aliphatic carbocycles. The zero-order valence-electron chi connectivity index (χ0n) is 25.2. The molecule has 0 saturated carbocycles. The number of nitrogens with zero attached hydrogens (tertiary/aromatic N) is 5. The molecule has 29 heavy (non-hydrogen) atoms. The Morgan fingerprint density at radius 1 is 1.24 bits per heavy atom. The SMILES string of the molecule is [2H]C([2H])([2H])C([2H])(C([2H])([2H])[2H])C([2H])([2H])N1CCC(C(=O)Cc2cc3cc(-c4cnn(C)c4)ncc3cn2)CC1. The lowest BCUT2D eigenvalue weighted by Crippen LogP contribution is -2.38. The lowest BCUT2D eigenvalue weighted by atomic mass is 9.89. The smallest absolute Gasteiger partial charge is 0.142 e. The molecule has 1 aliphatic rings. The standard InChI is InChI=1S/C23H29N5O/c1-16(2)14-28-6-4-17(5-7-28)23(29)10-21-8-18-9-22(20-13-26-27(3)15-20)25-12-19(18)11-24-21/h8-9,11-13,15-17H,4-7,10,14H2,1-3H3/i1D3,2D3,14D2,16D. The third kappa shape index (κ3) is 4.70. The van der Waals surface area contributed by atoms with Gasteiger partial charge in [0.15, 0.2) is 0 Å². The van der Waals surface area contributed by atoms with Gasteiger partial charge >= 0.3 is 0 Å². The minimum absolute atomic E-state index is 0.0402. The first-order valence-electron chi connectivity index (χ1n) is 14.1. The maximum absolute atomic E-state index is 13.1. The second-order valence-electron chi connectivity index (χ2n) is 7.39. The fourth-order valence-corrected chi connectivity index (χ4v) is 3.69. The molecule has 0 N–H and O–H groups in total. The van der Waals surface area contributed by atoms with Crippen LogP contribution >= 0.6 is 0 Å². The van der Waals surface area contributed by atoms with Crippen LogP contribution in [0.1, 0.15) is 44.6 Å². The molecule has 3 aromatic rings. The number of aryl methyl sites for hydroxylation is 1. The number of Topliss-reactive ketones (excluding diaryl/α,β-unsaturated/α-hetero) is 1. The molecular formula is C23H29N5O. The Hall–Kier alpha value is -2.60. The van der Waals surface area contributed by atoms with Crippen LogP contribution < -0.4 is 0 Å². The zero-order chi connectivity index (χ0) is 28.1. The maximum atomic E-state index is 13.1. The van der Waals surface area contributed by atoms with E-state index in [1.807, 2.05) is 25.4 Å². The van der Waals surface area contributed by atoms with Crippen LogP contribution in [0.3, 0.4) is 0 Å². The molecule has 1 aliphatic heterocycles. The van der Waals surface area contributed by atoms with Gasteiger partial charge in [-0.05, 0) is 49.3 Å². The number of hydrogen-bond donors (Lipinski definition) is 0. The van der Waals surface area contributed by atoms with Gasteiger partial charge in [0.05, 0.1) is 11.9 Å². The lowest BCUT2D eigenvalue weighted by Gasteiger charge is -2.32. The molecule has 152 valence electrons. The summed E-state index contributed by atoms with van der Waals surface area (Å²) in [5, 5.41) is 5.87. The normalized spacial score (nSPS) is 22.3. The average molecular weight is 401 g/mol. The summed E-state index contributed by atoms with van der Waals surface area (Å²) in [6, 6.07) is 3.75. The van der Waals surface area contributed by atoms with Crippen molar-refractivity contribution in [2.45, 2.75) is 33.0 Å². The number of carbonyl (C=O) groups is 1. The maximum Gasteiger partial charge on any atom is 0.142 e. The van der Waals surface area contributed by atoms with Crippen molar-refractivity contribution in [1.82, 2.24) is 24.6 Å². The van der Waals surface area contributed by atoms with Crippen molar-refractivity contribution < 1.29 is 17.1 Å². The van der Waals surface area contributed by atoms with Gasteiger partial charge in [-0.1, -0.05) is 13.7 Å². The Kier molecular flexibility index (Phi) is 3.35. The molecule has 4 heterocycles. The van der Waals surface area contributed by atoms with Gasteiger partial charge in [-0.2, -0.15) is 5.10 Å². The molecule has 0 aromatic carbocycles. The molecule has 6 heteroatoms. The van der Waals surface area contributed by atoms with E-state index in [0.717, 1.165) is 26.9 Å². The van der Waals surface area contributed by atoms with Gasteiger partial charge in [0.25, 0.3) is 0 Å². The lowest BCUT2D eigenvalue weighted by molar-refractivity contribution is -0.123. The average Bonchev–Trinajstić information content (AvgIpc) is 3.28. The number of pyridine rings is 2. The molecule has 0 unspecified atom stereocenters. The van der Waals surface area contributed by atoms with Crippen LogP contribution in [0.15, 0.2) is 36.9 Å². The van der Waals surface area contributed by atoms with E-state index in [-0.39, 0.29) is 38.1 Å². The van der Waals surface area contributed by atoms with E-state index in [0.29, 0.717) is 5.69 Å². The molecule has 4 rings (SSSR count). The summed E-state index contributed by atoms with van der Waals surface area (Å²) in [6.45, 7) is -9.81. The molecule has 0 spiro atoms. The molecule has 6 nitrogen and oxygen atoms in total. The predicted molar refractivity (Wildman–Crippen MR) is 114 cm³/mol. The van der Waals surface area contributed by atoms with Crippen LogP contribution in [0.4, 0.5) is 0 Å². The van der Waals surface area contributed by atoms with Crippen LogP contribution in [0.2, 0.25) is 0 Å². The molecule has 1 saturated heterocycles. The van der Waals surface area contributed by atoms with E-state index >= 15 is 0 Å². The summed E-state index contributed by atoms with van der Waals surface area (Å²) in [7, 11) is 1.82. The second kappa shape index (κ2) is 8.41. The van der Waals surface area contributed by atoms with Gasteiger partial charge in [0.1, 0.15) is 5.78 Å². The highest BCUT2D eigenvalue weighted by Crippen LogP contribution is 2.24. The van der Waals surface area contributed by atoms with E-state index in [1.54, 1.807) is 23.3 Å². The van der Waals surface area contributed by atoms with Crippen molar-refractivity contribution in [2.75, 3.05) is 19.6 Å². The van der Waals surface area contributed by atoms with Crippen molar-refractivity contribution in [3.05, 3.63) is 42.6 Å². The number of fused-ring (bicyclic) bond motifs is 1. The van der Waals surface area contributed by atoms with Gasteiger partial charge in [0, 0.05) is 73.5 Å². The highest BCUT2D eigenvalue weighted by atomic mass is 16.1. The highest BCUT2D eigenvalue weighted by Gasteiger charge is 2.25. The van der Waals surface area contributed by atoms with Crippen molar-refractivity contribution in [2.24, 2.45) is 18.9 Å². The van der Waals surface area contributed by atoms with Crippen molar-refractivity contribution >= 4 is 16.6 Å². The molecule has 0 atom stereocenters. The first-order valence-corrected chi connectivity index (χ1v) is 9.56. The highest BCUT2D eigenvalue weighted by molar-refractivity contribution is 5.87. The minimum atomic E-state index is -3.39. The molecule has 0 radical (unpaired) electrons. The number of carbonyl (C=O) groups excluding carboxylic acids is 1. The molecular weight excluding hydrogens is 362 g/mol. The minimum Gasteiger partial charge on any atom is -0.303 e. The zero-order valence-corrected chi connectivity index (χ0v) is 16.2. The molecule has 0 amide bonds. The topological polar surface area (TPSA) is 63.9 Å². The van der Waals surface area contributed by atoms with E-state index < -0.39 is 32.0 Å². The quantitative estimate of drug-likeness (QED) is 0.634. The van der Waals surface area contributed by atoms with Crippen LogP contribution in [0, 0.1) is 11.8 Å². The number of aromatic nitrogens is 4. The van der Waals surface area contributed by atoms with Crippen molar-refractivity contribution in [1.29, 1.82) is 0 Å². The summed E-state index contributed by atoms with van der Waals surface area (Å²) < 4.78 is 72.4. The number of likely N-dealkylation sites (tertiary alicyclic amines) is 1. The Labute approximate surface area is 184 Å². The van der Waals surface area contributed by atoms with Gasteiger partial charge in [0.2, 0.25) is 0 Å². The largest absolute Gasteiger partial charge is 0.303 e. The number of rotatable bonds is 6. The Morgan fingerprint density at radius 2 is 2.03 bits per heavy atom. The third-order valence-electron chi connectivity index (χ3n) is 5.24. The third-order valence-corrected chi connectivity index (χ3v) is 5.24. The number of hydrogen-bond acceptors (Lipinski definition) is 5. The number of ketones is 1. The monoisotopic (exact) mass is 400 g/mol.